The first-order chi connectivity index (χ1) is 14.2. The van der Waals surface area contributed by atoms with Gasteiger partial charge in [0.1, 0.15) is 16.5 Å². The topological polar surface area (TPSA) is 96.0 Å². The third-order valence-corrected chi connectivity index (χ3v) is 6.75. The normalized spacial score (nSPS) is 12.4. The Hall–Kier alpha value is -2.55. The summed E-state index contributed by atoms with van der Waals surface area (Å²) >= 11 is 10.6. The quantitative estimate of drug-likeness (QED) is 0.231. The van der Waals surface area contributed by atoms with Gasteiger partial charge in [-0.2, -0.15) is 12.6 Å². The number of nitrogens with two attached hydrogens (primary N) is 1. The molecule has 3 rings (SSSR count). The maximum Gasteiger partial charge on any atom is 0.263 e. The molecule has 0 saturated carbocycles. The highest BCUT2D eigenvalue weighted by atomic mass is 35.5. The van der Waals surface area contributed by atoms with E-state index >= 15 is 0 Å². The molecule has 1 unspecified atom stereocenters. The number of hydrogen-bond donors (Lipinski definition) is 4. The number of nitrogens with one attached hydrogen (secondary N) is 2. The molecule has 0 aliphatic rings. The number of nitrogen functional groups attached to an aromatic ring is 1. The van der Waals surface area contributed by atoms with Gasteiger partial charge in [-0.25, -0.2) is 12.8 Å². The molecule has 0 radical (unpaired) electrons. The fraction of sp³-hybridized carbons (Fsp3) is 0.0952. The van der Waals surface area contributed by atoms with Crippen LogP contribution in [-0.4, -0.2) is 14.3 Å². The zero-order valence-corrected chi connectivity index (χ0v) is 18.1. The Bertz CT molecular complexity index is 1190. The molecule has 9 heteroatoms. The van der Waals surface area contributed by atoms with Gasteiger partial charge in [-0.1, -0.05) is 54.1 Å². The van der Waals surface area contributed by atoms with Crippen LogP contribution in [0.25, 0.3) is 0 Å². The molecule has 0 spiro atoms. The van der Waals surface area contributed by atoms with Crippen LogP contribution in [0, 0.1) is 11.2 Å². The molecule has 0 bridgehead atoms. The largest absolute Gasteiger partial charge is 0.384 e. The van der Waals surface area contributed by atoms with E-state index in [1.165, 1.54) is 0 Å². The second kappa shape index (κ2) is 9.07. The van der Waals surface area contributed by atoms with Gasteiger partial charge in [-0.3, -0.25) is 10.1 Å². The first-order valence-electron chi connectivity index (χ1n) is 8.85. The average molecular weight is 464 g/mol. The second-order valence-corrected chi connectivity index (χ2v) is 9.28. The summed E-state index contributed by atoms with van der Waals surface area (Å²) in [4.78, 5) is -0.212. The lowest BCUT2D eigenvalue weighted by molar-refractivity contribution is 0.599. The third-order valence-electron chi connectivity index (χ3n) is 4.44. The lowest BCUT2D eigenvalue weighted by Crippen LogP contribution is -2.15. The van der Waals surface area contributed by atoms with Crippen molar-refractivity contribution in [1.82, 2.24) is 0 Å². The highest BCUT2D eigenvalue weighted by molar-refractivity contribution is 7.92. The molecule has 5 nitrogen and oxygen atoms in total. The summed E-state index contributed by atoms with van der Waals surface area (Å²) in [7, 11) is -4.02. The molecule has 4 N–H and O–H groups in total. The molecule has 0 fully saturated rings. The predicted molar refractivity (Wildman–Crippen MR) is 122 cm³/mol. The van der Waals surface area contributed by atoms with E-state index in [1.807, 2.05) is 12.1 Å². The van der Waals surface area contributed by atoms with Gasteiger partial charge in [0.15, 0.2) is 0 Å². The number of thiol groups is 1. The van der Waals surface area contributed by atoms with Gasteiger partial charge in [-0.05, 0) is 41.8 Å². The Balaban J connectivity index is 1.85. The lowest BCUT2D eigenvalue weighted by Gasteiger charge is -2.18. The Morgan fingerprint density at radius 3 is 2.43 bits per heavy atom. The molecule has 3 aromatic carbocycles. The molecule has 0 aromatic heterocycles. The number of anilines is 1. The van der Waals surface area contributed by atoms with E-state index < -0.39 is 15.8 Å². The van der Waals surface area contributed by atoms with E-state index in [1.54, 1.807) is 36.4 Å². The molecule has 30 heavy (non-hydrogen) atoms. The number of amidine groups is 1. The summed E-state index contributed by atoms with van der Waals surface area (Å²) < 4.78 is 41.4. The van der Waals surface area contributed by atoms with Crippen LogP contribution in [0.1, 0.15) is 21.9 Å². The smallest absolute Gasteiger partial charge is 0.263 e. The van der Waals surface area contributed by atoms with Crippen molar-refractivity contribution >= 4 is 45.8 Å². The fourth-order valence-corrected chi connectivity index (χ4v) is 4.98. The Morgan fingerprint density at radius 2 is 1.80 bits per heavy atom. The van der Waals surface area contributed by atoms with Crippen molar-refractivity contribution in [3.05, 3.63) is 94.3 Å². The minimum absolute atomic E-state index is 0.0109. The van der Waals surface area contributed by atoms with E-state index in [9.17, 15) is 12.8 Å². The van der Waals surface area contributed by atoms with Gasteiger partial charge in [0.2, 0.25) is 0 Å². The minimum atomic E-state index is -4.02. The molecule has 3 aromatic rings. The Kier molecular flexibility index (Phi) is 6.70. The van der Waals surface area contributed by atoms with E-state index in [4.69, 9.17) is 22.7 Å². The van der Waals surface area contributed by atoms with Gasteiger partial charge in [0.25, 0.3) is 10.0 Å². The zero-order valence-electron chi connectivity index (χ0n) is 15.6. The number of rotatable bonds is 7. The van der Waals surface area contributed by atoms with E-state index in [2.05, 4.69) is 17.4 Å². The van der Waals surface area contributed by atoms with Crippen LogP contribution < -0.4 is 10.5 Å². The highest BCUT2D eigenvalue weighted by Crippen LogP contribution is 2.33. The van der Waals surface area contributed by atoms with Crippen molar-refractivity contribution < 1.29 is 12.8 Å². The SMILES string of the molecule is N=C(N)c1ccc(CC(S)c2ccccc2NS(=O)(=O)c2ccc(F)cc2Cl)cc1. The molecular weight excluding hydrogens is 445 g/mol. The molecule has 0 aliphatic heterocycles. The maximum absolute atomic E-state index is 13.3. The maximum atomic E-state index is 13.3. The molecule has 0 aliphatic carbocycles. The van der Waals surface area contributed by atoms with Gasteiger partial charge in [0.05, 0.1) is 10.7 Å². The van der Waals surface area contributed by atoms with Crippen molar-refractivity contribution in [2.24, 2.45) is 5.73 Å². The predicted octanol–water partition coefficient (Wildman–Crippen LogP) is 4.78. The van der Waals surface area contributed by atoms with Crippen molar-refractivity contribution in [3.8, 4) is 0 Å². The Labute approximate surface area is 185 Å². The van der Waals surface area contributed by atoms with Crippen LogP contribution in [0.5, 0.6) is 0 Å². The van der Waals surface area contributed by atoms with Crippen LogP contribution in [0.4, 0.5) is 10.1 Å². The number of halogens is 2. The van der Waals surface area contributed by atoms with Gasteiger partial charge >= 0.3 is 0 Å². The molecular formula is C21H19ClFN3O2S2. The van der Waals surface area contributed by atoms with E-state index in [-0.39, 0.29) is 21.0 Å². The zero-order chi connectivity index (χ0) is 21.9. The van der Waals surface area contributed by atoms with Gasteiger partial charge < -0.3 is 5.73 Å². The summed E-state index contributed by atoms with van der Waals surface area (Å²) in [5, 5.41) is 6.95. The number of sulfonamides is 1. The van der Waals surface area contributed by atoms with Crippen molar-refractivity contribution in [3.63, 3.8) is 0 Å². The van der Waals surface area contributed by atoms with E-state index in [0.717, 1.165) is 23.8 Å². The molecule has 156 valence electrons. The fourth-order valence-electron chi connectivity index (χ4n) is 2.93. The molecule has 1 atom stereocenters. The minimum Gasteiger partial charge on any atom is -0.384 e. The van der Waals surface area contributed by atoms with Crippen LogP contribution in [0.2, 0.25) is 5.02 Å². The van der Waals surface area contributed by atoms with Crippen LogP contribution in [0.15, 0.2) is 71.6 Å². The van der Waals surface area contributed by atoms with Crippen molar-refractivity contribution in [1.29, 1.82) is 5.41 Å². The Morgan fingerprint density at radius 1 is 1.13 bits per heavy atom. The summed E-state index contributed by atoms with van der Waals surface area (Å²) in [5.74, 6) is -0.631. The third kappa shape index (κ3) is 5.13. The average Bonchev–Trinajstić information content (AvgIpc) is 2.68. The lowest BCUT2D eigenvalue weighted by atomic mass is 10.0. The summed E-state index contributed by atoms with van der Waals surface area (Å²) in [6.45, 7) is 0. The van der Waals surface area contributed by atoms with E-state index in [0.29, 0.717) is 23.2 Å². The first-order valence-corrected chi connectivity index (χ1v) is 11.2. The van der Waals surface area contributed by atoms with Crippen molar-refractivity contribution in [2.75, 3.05) is 4.72 Å². The standard InChI is InChI=1S/C21H19ClFN3O2S2/c22-17-12-15(23)9-10-20(17)30(27,28)26-18-4-2-1-3-16(18)19(29)11-13-5-7-14(8-6-13)21(24)25/h1-10,12,19,26,29H,11H2,(H3,24,25). The summed E-state index contributed by atoms with van der Waals surface area (Å²) in [5.41, 5.74) is 8.09. The number of para-hydroxylation sites is 1. The molecule has 0 amide bonds. The highest BCUT2D eigenvalue weighted by Gasteiger charge is 2.21. The summed E-state index contributed by atoms with van der Waals surface area (Å²) in [6, 6.07) is 17.2. The molecule has 0 heterocycles. The number of benzene rings is 3. The molecule has 0 saturated heterocycles. The van der Waals surface area contributed by atoms with Gasteiger partial charge in [0, 0.05) is 10.8 Å². The first kappa shape index (κ1) is 22.1. The van der Waals surface area contributed by atoms with Crippen molar-refractivity contribution in [2.45, 2.75) is 16.6 Å². The summed E-state index contributed by atoms with van der Waals surface area (Å²) in [6.07, 6.45) is 0.525. The van der Waals surface area contributed by atoms with Crippen LogP contribution >= 0.6 is 24.2 Å². The van der Waals surface area contributed by atoms with Gasteiger partial charge in [-0.15, -0.1) is 0 Å². The second-order valence-electron chi connectivity index (χ2n) is 6.60. The number of hydrogen-bond acceptors (Lipinski definition) is 4. The monoisotopic (exact) mass is 463 g/mol. The van der Waals surface area contributed by atoms with Crippen LogP contribution in [0.3, 0.4) is 0 Å². The van der Waals surface area contributed by atoms with Crippen LogP contribution in [-0.2, 0) is 16.4 Å².